The largest absolute Gasteiger partial charge is 0.339 e. The quantitative estimate of drug-likeness (QED) is 0.880. The van der Waals surface area contributed by atoms with Gasteiger partial charge in [0.25, 0.3) is 10.0 Å². The van der Waals surface area contributed by atoms with E-state index in [0.717, 1.165) is 11.3 Å². The Kier molecular flexibility index (Phi) is 3.03. The maximum absolute atomic E-state index is 11.9. The maximum Gasteiger partial charge on any atom is 0.285 e. The van der Waals surface area contributed by atoms with Crippen LogP contribution in [0.25, 0.3) is 0 Å². The summed E-state index contributed by atoms with van der Waals surface area (Å²) >= 11 is 5.91. The Balaban J connectivity index is 2.05. The van der Waals surface area contributed by atoms with Gasteiger partial charge in [0, 0.05) is 16.3 Å². The number of rotatable bonds is 1. The number of nitrogens with zero attached hydrogens (tertiary/aromatic N) is 1. The molecular formula is C14H11ClN2O2S. The molecule has 3 rings (SSSR count). The molecule has 0 aromatic heterocycles. The van der Waals surface area contributed by atoms with Gasteiger partial charge in [0.1, 0.15) is 4.90 Å². The smallest absolute Gasteiger partial charge is 0.285 e. The Morgan fingerprint density at radius 3 is 2.65 bits per heavy atom. The van der Waals surface area contributed by atoms with E-state index in [2.05, 4.69) is 9.71 Å². The van der Waals surface area contributed by atoms with Crippen molar-refractivity contribution in [3.05, 3.63) is 58.6 Å². The summed E-state index contributed by atoms with van der Waals surface area (Å²) in [5.41, 5.74) is 2.28. The zero-order valence-corrected chi connectivity index (χ0v) is 12.2. The van der Waals surface area contributed by atoms with Gasteiger partial charge < -0.3 is 5.32 Å². The molecule has 102 valence electrons. The average molecular weight is 307 g/mol. The molecule has 20 heavy (non-hydrogen) atoms. The minimum absolute atomic E-state index is 0.231. The van der Waals surface area contributed by atoms with E-state index >= 15 is 0 Å². The molecule has 1 aliphatic heterocycles. The Hall–Kier alpha value is -1.85. The van der Waals surface area contributed by atoms with Gasteiger partial charge in [-0.3, -0.25) is 0 Å². The molecule has 4 nitrogen and oxygen atoms in total. The number of aryl methyl sites for hydroxylation is 1. The Morgan fingerprint density at radius 1 is 1.15 bits per heavy atom. The lowest BCUT2D eigenvalue weighted by Gasteiger charge is -2.09. The highest BCUT2D eigenvalue weighted by molar-refractivity contribution is 7.90. The minimum atomic E-state index is -3.60. The fraction of sp³-hybridized carbons (Fsp3) is 0.0714. The van der Waals surface area contributed by atoms with Gasteiger partial charge in [0.15, 0.2) is 5.84 Å². The molecule has 1 aliphatic rings. The van der Waals surface area contributed by atoms with Crippen LogP contribution in [0.4, 0.5) is 5.69 Å². The van der Waals surface area contributed by atoms with Gasteiger partial charge in [-0.2, -0.15) is 8.42 Å². The van der Waals surface area contributed by atoms with E-state index in [0.29, 0.717) is 16.4 Å². The zero-order chi connectivity index (χ0) is 14.3. The van der Waals surface area contributed by atoms with Crippen LogP contribution in [0.15, 0.2) is 51.8 Å². The molecule has 1 N–H and O–H groups in total. The van der Waals surface area contributed by atoms with Crippen molar-refractivity contribution in [1.82, 2.24) is 0 Å². The second kappa shape index (κ2) is 4.61. The number of halogens is 1. The third-order valence-electron chi connectivity index (χ3n) is 3.07. The van der Waals surface area contributed by atoms with E-state index in [9.17, 15) is 8.42 Å². The molecule has 0 atom stereocenters. The molecule has 2 aromatic carbocycles. The molecule has 0 unspecified atom stereocenters. The van der Waals surface area contributed by atoms with Gasteiger partial charge in [0.05, 0.1) is 0 Å². The van der Waals surface area contributed by atoms with Gasteiger partial charge in [-0.25, -0.2) is 0 Å². The first-order valence-corrected chi connectivity index (χ1v) is 7.77. The van der Waals surface area contributed by atoms with E-state index in [4.69, 9.17) is 11.6 Å². The molecular weight excluding hydrogens is 296 g/mol. The molecule has 0 saturated heterocycles. The number of hydrogen-bond acceptors (Lipinski definition) is 3. The van der Waals surface area contributed by atoms with Crippen LogP contribution in [0.5, 0.6) is 0 Å². The van der Waals surface area contributed by atoms with E-state index in [-0.39, 0.29) is 4.90 Å². The first-order chi connectivity index (χ1) is 9.47. The number of nitrogens with one attached hydrogen (secondary N) is 1. The van der Waals surface area contributed by atoms with Crippen molar-refractivity contribution in [2.45, 2.75) is 11.8 Å². The highest BCUT2D eigenvalue weighted by Gasteiger charge is 2.28. The topological polar surface area (TPSA) is 58.5 Å². The molecule has 6 heteroatoms. The van der Waals surface area contributed by atoms with Crippen LogP contribution in [-0.2, 0) is 10.0 Å². The van der Waals surface area contributed by atoms with E-state index in [1.54, 1.807) is 42.5 Å². The highest BCUT2D eigenvalue weighted by Crippen LogP contribution is 2.28. The third-order valence-corrected chi connectivity index (χ3v) is 4.64. The van der Waals surface area contributed by atoms with Gasteiger partial charge in [-0.1, -0.05) is 23.7 Å². The van der Waals surface area contributed by atoms with Crippen LogP contribution in [0, 0.1) is 6.92 Å². The number of amidine groups is 1. The monoisotopic (exact) mass is 306 g/mol. The van der Waals surface area contributed by atoms with Gasteiger partial charge >= 0.3 is 0 Å². The van der Waals surface area contributed by atoms with Crippen LogP contribution in [0.3, 0.4) is 0 Å². The summed E-state index contributed by atoms with van der Waals surface area (Å²) in [6.45, 7) is 1.89. The molecule has 0 fully saturated rings. The number of anilines is 1. The molecule has 1 heterocycles. The predicted octanol–water partition coefficient (Wildman–Crippen LogP) is 3.21. The lowest BCUT2D eigenvalue weighted by atomic mass is 10.1. The summed E-state index contributed by atoms with van der Waals surface area (Å²) in [5, 5.41) is 3.69. The van der Waals surface area contributed by atoms with Crippen molar-refractivity contribution in [2.24, 2.45) is 4.40 Å². The molecule has 0 radical (unpaired) electrons. The normalized spacial score (nSPS) is 15.6. The second-order valence-electron chi connectivity index (χ2n) is 4.50. The first-order valence-electron chi connectivity index (χ1n) is 5.95. The second-order valence-corrected chi connectivity index (χ2v) is 6.50. The van der Waals surface area contributed by atoms with Crippen LogP contribution < -0.4 is 5.32 Å². The SMILES string of the molecule is Cc1cc(Cl)ccc1NC1=NS(=O)(=O)c2ccccc21. The fourth-order valence-corrected chi connectivity index (χ4v) is 3.49. The maximum atomic E-state index is 11.9. The van der Waals surface area contributed by atoms with Gasteiger partial charge in [-0.05, 0) is 42.8 Å². The average Bonchev–Trinajstić information content (AvgIpc) is 2.65. The summed E-state index contributed by atoms with van der Waals surface area (Å²) in [6.07, 6.45) is 0. The molecule has 0 spiro atoms. The van der Waals surface area contributed by atoms with E-state index < -0.39 is 10.0 Å². The lowest BCUT2D eigenvalue weighted by Crippen LogP contribution is -2.12. The Morgan fingerprint density at radius 2 is 1.90 bits per heavy atom. The van der Waals surface area contributed by atoms with Crippen molar-refractivity contribution in [3.63, 3.8) is 0 Å². The molecule has 2 aromatic rings. The predicted molar refractivity (Wildman–Crippen MR) is 80.0 cm³/mol. The van der Waals surface area contributed by atoms with E-state index in [1.165, 1.54) is 0 Å². The Labute approximate surface area is 122 Å². The first kappa shape index (κ1) is 13.1. The number of fused-ring (bicyclic) bond motifs is 1. The molecule has 0 amide bonds. The highest BCUT2D eigenvalue weighted by atomic mass is 35.5. The summed E-state index contributed by atoms with van der Waals surface area (Å²) in [5.74, 6) is 0.339. The van der Waals surface area contributed by atoms with Gasteiger partial charge in [0.2, 0.25) is 0 Å². The van der Waals surface area contributed by atoms with Gasteiger partial charge in [-0.15, -0.1) is 4.40 Å². The van der Waals surface area contributed by atoms with Crippen LogP contribution >= 0.6 is 11.6 Å². The summed E-state index contributed by atoms with van der Waals surface area (Å²) < 4.78 is 27.7. The fourth-order valence-electron chi connectivity index (χ4n) is 2.09. The Bertz CT molecular complexity index is 829. The molecule has 0 saturated carbocycles. The lowest BCUT2D eigenvalue weighted by molar-refractivity contribution is 0.599. The molecule has 0 aliphatic carbocycles. The van der Waals surface area contributed by atoms with Crippen molar-refractivity contribution in [3.8, 4) is 0 Å². The van der Waals surface area contributed by atoms with Crippen LogP contribution in [0.2, 0.25) is 5.02 Å². The minimum Gasteiger partial charge on any atom is -0.339 e. The van der Waals surface area contributed by atoms with Crippen molar-refractivity contribution in [1.29, 1.82) is 0 Å². The molecule has 0 bridgehead atoms. The van der Waals surface area contributed by atoms with Crippen molar-refractivity contribution < 1.29 is 8.42 Å². The summed E-state index contributed by atoms with van der Waals surface area (Å²) in [7, 11) is -3.60. The zero-order valence-electron chi connectivity index (χ0n) is 10.6. The standard InChI is InChI=1S/C14H11ClN2O2S/c1-9-8-10(15)6-7-12(9)16-14-11-4-2-3-5-13(11)20(18,19)17-14/h2-8H,1H3,(H,16,17). The summed E-state index contributed by atoms with van der Waals surface area (Å²) in [6, 6.07) is 12.1. The number of benzene rings is 2. The number of sulfonamides is 1. The third kappa shape index (κ3) is 2.19. The number of hydrogen-bond donors (Lipinski definition) is 1. The van der Waals surface area contributed by atoms with Crippen molar-refractivity contribution in [2.75, 3.05) is 5.32 Å². The van der Waals surface area contributed by atoms with Crippen molar-refractivity contribution >= 4 is 33.1 Å². The van der Waals surface area contributed by atoms with Crippen LogP contribution in [0.1, 0.15) is 11.1 Å². The summed E-state index contributed by atoms with van der Waals surface area (Å²) in [4.78, 5) is 0.231. The van der Waals surface area contributed by atoms with Crippen LogP contribution in [-0.4, -0.2) is 14.3 Å². The van der Waals surface area contributed by atoms with E-state index in [1.807, 2.05) is 6.92 Å².